The molecule has 0 atom stereocenters. The van der Waals surface area contributed by atoms with E-state index in [1.54, 1.807) is 11.6 Å². The Bertz CT molecular complexity index is 721. The Hall–Kier alpha value is -1.21. The lowest BCUT2D eigenvalue weighted by atomic mass is 10.3. The summed E-state index contributed by atoms with van der Waals surface area (Å²) in [5, 5.41) is 9.75. The van der Waals surface area contributed by atoms with Crippen LogP contribution in [-0.4, -0.2) is 18.1 Å². The Morgan fingerprint density at radius 3 is 2.30 bits per heavy atom. The lowest BCUT2D eigenvalue weighted by Crippen LogP contribution is -2.12. The molecule has 0 aliphatic carbocycles. The highest BCUT2D eigenvalue weighted by molar-refractivity contribution is 7.92. The molecule has 8 heteroatoms. The van der Waals surface area contributed by atoms with E-state index in [1.807, 2.05) is 0 Å². The molecular weight excluding hydrogens is 323 g/mol. The smallest absolute Gasteiger partial charge is 0.263 e. The summed E-state index contributed by atoms with van der Waals surface area (Å²) in [5.41, 5.74) is 0.770. The Labute approximate surface area is 126 Å². The monoisotopic (exact) mass is 334 g/mol. The van der Waals surface area contributed by atoms with Crippen molar-refractivity contribution >= 4 is 38.9 Å². The molecule has 0 amide bonds. The minimum absolute atomic E-state index is 0.0557. The van der Waals surface area contributed by atoms with Crippen molar-refractivity contribution in [1.82, 2.24) is 4.57 Å². The zero-order valence-corrected chi connectivity index (χ0v) is 12.8. The fourth-order valence-electron chi connectivity index (χ4n) is 1.71. The summed E-state index contributed by atoms with van der Waals surface area (Å²) in [7, 11) is -2.10. The number of halogens is 2. The van der Waals surface area contributed by atoms with Gasteiger partial charge in [0.25, 0.3) is 10.0 Å². The maximum atomic E-state index is 12.2. The van der Waals surface area contributed by atoms with E-state index in [0.29, 0.717) is 15.7 Å². The lowest BCUT2D eigenvalue weighted by molar-refractivity contribution is 0.272. The van der Waals surface area contributed by atoms with Crippen LogP contribution in [0.4, 0.5) is 5.69 Å². The first-order valence-corrected chi connectivity index (χ1v) is 7.81. The molecule has 0 unspecified atom stereocenters. The van der Waals surface area contributed by atoms with Gasteiger partial charge in [-0.3, -0.25) is 4.72 Å². The SMILES string of the molecule is Cn1cc(S(=O)(=O)Nc2cc(Cl)cc(Cl)c2)cc1CO. The van der Waals surface area contributed by atoms with Crippen molar-refractivity contribution in [2.24, 2.45) is 7.05 Å². The third kappa shape index (κ3) is 3.27. The average Bonchev–Trinajstić information content (AvgIpc) is 2.69. The first kappa shape index (κ1) is 15.2. The van der Waals surface area contributed by atoms with E-state index in [1.165, 1.54) is 30.5 Å². The summed E-state index contributed by atoms with van der Waals surface area (Å²) >= 11 is 11.6. The number of nitrogens with zero attached hydrogens (tertiary/aromatic N) is 1. The molecular formula is C12H12Cl2N2O3S. The molecule has 1 aromatic carbocycles. The van der Waals surface area contributed by atoms with Crippen LogP contribution in [-0.2, 0) is 23.7 Å². The maximum Gasteiger partial charge on any atom is 0.263 e. The summed E-state index contributed by atoms with van der Waals surface area (Å²) in [6, 6.07) is 5.82. The summed E-state index contributed by atoms with van der Waals surface area (Å²) in [4.78, 5) is 0.0557. The number of hydrogen-bond acceptors (Lipinski definition) is 3. The fourth-order valence-corrected chi connectivity index (χ4v) is 3.37. The van der Waals surface area contributed by atoms with E-state index < -0.39 is 10.0 Å². The number of aryl methyl sites for hydroxylation is 1. The highest BCUT2D eigenvalue weighted by Crippen LogP contribution is 2.25. The molecule has 1 aromatic heterocycles. The largest absolute Gasteiger partial charge is 0.390 e. The second-order valence-electron chi connectivity index (χ2n) is 4.20. The summed E-state index contributed by atoms with van der Waals surface area (Å²) in [6.07, 6.45) is 1.42. The van der Waals surface area contributed by atoms with Crippen molar-refractivity contribution in [3.63, 3.8) is 0 Å². The van der Waals surface area contributed by atoms with E-state index >= 15 is 0 Å². The van der Waals surface area contributed by atoms with Crippen molar-refractivity contribution in [2.45, 2.75) is 11.5 Å². The third-order valence-corrected chi connectivity index (χ3v) is 4.45. The zero-order chi connectivity index (χ0) is 14.9. The van der Waals surface area contributed by atoms with Gasteiger partial charge in [-0.2, -0.15) is 0 Å². The van der Waals surface area contributed by atoms with Crippen LogP contribution in [0.5, 0.6) is 0 Å². The van der Waals surface area contributed by atoms with Crippen molar-refractivity contribution in [2.75, 3.05) is 4.72 Å². The Balaban J connectivity index is 2.35. The topological polar surface area (TPSA) is 71.3 Å². The van der Waals surface area contributed by atoms with Crippen LogP contribution in [0, 0.1) is 0 Å². The van der Waals surface area contributed by atoms with Gasteiger partial charge in [0.05, 0.1) is 12.3 Å². The Morgan fingerprint density at radius 1 is 1.20 bits per heavy atom. The van der Waals surface area contributed by atoms with Gasteiger partial charge in [-0.05, 0) is 24.3 Å². The second kappa shape index (κ2) is 5.65. The normalized spacial score (nSPS) is 11.6. The molecule has 0 saturated heterocycles. The number of aliphatic hydroxyl groups is 1. The molecule has 2 N–H and O–H groups in total. The molecule has 0 aliphatic heterocycles. The lowest BCUT2D eigenvalue weighted by Gasteiger charge is -2.07. The molecule has 0 saturated carbocycles. The van der Waals surface area contributed by atoms with Crippen LogP contribution in [0.3, 0.4) is 0 Å². The van der Waals surface area contributed by atoms with Gasteiger partial charge in [0.2, 0.25) is 0 Å². The molecule has 1 heterocycles. The Kier molecular flexibility index (Phi) is 4.29. The average molecular weight is 335 g/mol. The van der Waals surface area contributed by atoms with Gasteiger partial charge in [0.15, 0.2) is 0 Å². The van der Waals surface area contributed by atoms with E-state index in [4.69, 9.17) is 28.3 Å². The minimum Gasteiger partial charge on any atom is -0.390 e. The van der Waals surface area contributed by atoms with Gasteiger partial charge in [-0.15, -0.1) is 0 Å². The predicted molar refractivity (Wildman–Crippen MR) is 78.6 cm³/mol. The van der Waals surface area contributed by atoms with E-state index in [0.717, 1.165) is 0 Å². The van der Waals surface area contributed by atoms with Gasteiger partial charge in [-0.25, -0.2) is 8.42 Å². The van der Waals surface area contributed by atoms with Crippen molar-refractivity contribution in [3.05, 3.63) is 46.2 Å². The second-order valence-corrected chi connectivity index (χ2v) is 6.76. The highest BCUT2D eigenvalue weighted by atomic mass is 35.5. The molecule has 0 bridgehead atoms. The number of rotatable bonds is 4. The zero-order valence-electron chi connectivity index (χ0n) is 10.5. The van der Waals surface area contributed by atoms with E-state index in [2.05, 4.69) is 4.72 Å². The van der Waals surface area contributed by atoms with Gasteiger partial charge in [0.1, 0.15) is 4.90 Å². The summed E-state index contributed by atoms with van der Waals surface area (Å²) in [5.74, 6) is 0. The van der Waals surface area contributed by atoms with Crippen molar-refractivity contribution in [1.29, 1.82) is 0 Å². The van der Waals surface area contributed by atoms with Crippen LogP contribution in [0.2, 0.25) is 10.0 Å². The number of aliphatic hydroxyl groups excluding tert-OH is 1. The molecule has 5 nitrogen and oxygen atoms in total. The molecule has 108 valence electrons. The molecule has 0 radical (unpaired) electrons. The molecule has 0 aliphatic rings. The number of sulfonamides is 1. The number of nitrogens with one attached hydrogen (secondary N) is 1. The van der Waals surface area contributed by atoms with E-state index in [-0.39, 0.29) is 17.2 Å². The quantitative estimate of drug-likeness (QED) is 0.902. The summed E-state index contributed by atoms with van der Waals surface area (Å²) < 4.78 is 28.4. The molecule has 2 rings (SSSR count). The molecule has 2 aromatic rings. The number of hydrogen-bond donors (Lipinski definition) is 2. The van der Waals surface area contributed by atoms with Crippen molar-refractivity contribution in [3.8, 4) is 0 Å². The molecule has 20 heavy (non-hydrogen) atoms. The van der Waals surface area contributed by atoms with Gasteiger partial charge in [-0.1, -0.05) is 23.2 Å². The predicted octanol–water partition coefficient (Wildman–Crippen LogP) is 2.63. The molecule has 0 spiro atoms. The van der Waals surface area contributed by atoms with E-state index in [9.17, 15) is 8.42 Å². The van der Waals surface area contributed by atoms with Gasteiger partial charge in [0, 0.05) is 29.0 Å². The Morgan fingerprint density at radius 2 is 1.80 bits per heavy atom. The minimum atomic E-state index is -3.76. The van der Waals surface area contributed by atoms with Gasteiger partial charge < -0.3 is 9.67 Å². The van der Waals surface area contributed by atoms with Gasteiger partial charge >= 0.3 is 0 Å². The van der Waals surface area contributed by atoms with Crippen LogP contribution in [0.15, 0.2) is 35.4 Å². The standard InChI is InChI=1S/C12H12Cl2N2O3S/c1-16-6-12(5-11(16)7-17)20(18,19)15-10-3-8(13)2-9(14)4-10/h2-6,15,17H,7H2,1H3. The number of benzene rings is 1. The number of aromatic nitrogens is 1. The molecule has 0 fully saturated rings. The van der Waals surface area contributed by atoms with Crippen molar-refractivity contribution < 1.29 is 13.5 Å². The summed E-state index contributed by atoms with van der Waals surface area (Å²) in [6.45, 7) is -0.241. The van der Waals surface area contributed by atoms with Crippen LogP contribution >= 0.6 is 23.2 Å². The first-order chi connectivity index (χ1) is 9.31. The van der Waals surface area contributed by atoms with Crippen LogP contribution in [0.1, 0.15) is 5.69 Å². The highest BCUT2D eigenvalue weighted by Gasteiger charge is 2.18. The van der Waals surface area contributed by atoms with Crippen LogP contribution < -0.4 is 4.72 Å². The fraction of sp³-hybridized carbons (Fsp3) is 0.167. The number of anilines is 1. The van der Waals surface area contributed by atoms with Crippen LogP contribution in [0.25, 0.3) is 0 Å². The first-order valence-electron chi connectivity index (χ1n) is 5.57. The third-order valence-electron chi connectivity index (χ3n) is 2.67. The maximum absolute atomic E-state index is 12.2.